The Morgan fingerprint density at radius 1 is 1.26 bits per heavy atom. The maximum Gasteiger partial charge on any atom is 0.417 e. The highest BCUT2D eigenvalue weighted by Crippen LogP contribution is 2.55. The minimum absolute atomic E-state index is 0.0510. The molecular weight excluding hydrogens is 499 g/mol. The number of hydrogen-bond acceptors (Lipinski definition) is 6. The molecule has 4 atom stereocenters. The monoisotopic (exact) mass is 522 g/mol. The van der Waals surface area contributed by atoms with Gasteiger partial charge in [0, 0.05) is 29.3 Å². The van der Waals surface area contributed by atoms with Crippen molar-refractivity contribution in [1.29, 1.82) is 0 Å². The van der Waals surface area contributed by atoms with E-state index in [9.17, 15) is 35.2 Å². The molecule has 13 heteroatoms. The minimum Gasteiger partial charge on any atom is -0.493 e. The summed E-state index contributed by atoms with van der Waals surface area (Å²) in [5.74, 6) is -7.47. The quantitative estimate of drug-likeness (QED) is 0.571. The summed E-state index contributed by atoms with van der Waals surface area (Å²) in [7, 11) is -2.71. The number of nitrogens with zero attached hydrogens (tertiary/aromatic N) is 1. The summed E-state index contributed by atoms with van der Waals surface area (Å²) in [5, 5.41) is 2.01. The Hall–Kier alpha value is -2.80. The molecule has 2 aromatic rings. The van der Waals surface area contributed by atoms with Crippen LogP contribution in [0.15, 0.2) is 35.5 Å². The highest BCUT2D eigenvalue weighted by atomic mass is 32.2. The van der Waals surface area contributed by atoms with Crippen LogP contribution in [0.4, 0.5) is 27.6 Å². The first-order valence-corrected chi connectivity index (χ1v) is 12.1. The summed E-state index contributed by atoms with van der Waals surface area (Å²) < 4.78 is 105. The van der Waals surface area contributed by atoms with Crippen LogP contribution < -0.4 is 10.1 Å². The molecule has 0 spiro atoms. The average molecular weight is 522 g/mol. The zero-order valence-corrected chi connectivity index (χ0v) is 19.9. The number of nitrogens with one attached hydrogen (secondary N) is 1. The smallest absolute Gasteiger partial charge is 0.417 e. The molecule has 1 aromatic heterocycles. The van der Waals surface area contributed by atoms with Crippen LogP contribution in [0, 0.1) is 17.6 Å². The first kappa shape index (κ1) is 26.8. The van der Waals surface area contributed by atoms with Gasteiger partial charge in [-0.1, -0.05) is 19.9 Å². The number of methoxy groups -OCH3 is 1. The normalized spacial score (nSPS) is 24.9. The number of halogens is 5. The van der Waals surface area contributed by atoms with Gasteiger partial charge in [-0.15, -0.1) is 0 Å². The molecule has 0 aliphatic carbocycles. The van der Waals surface area contributed by atoms with Crippen molar-refractivity contribution in [3.8, 4) is 5.75 Å². The number of benzene rings is 1. The van der Waals surface area contributed by atoms with E-state index in [1.54, 1.807) is 0 Å². The van der Waals surface area contributed by atoms with E-state index >= 15 is 0 Å². The molecule has 192 valence electrons. The van der Waals surface area contributed by atoms with Crippen molar-refractivity contribution < 1.29 is 44.6 Å². The molecule has 35 heavy (non-hydrogen) atoms. The zero-order valence-electron chi connectivity index (χ0n) is 19.1. The second-order valence-electron chi connectivity index (χ2n) is 8.22. The van der Waals surface area contributed by atoms with Crippen LogP contribution in [0.1, 0.15) is 32.3 Å². The third-order valence-electron chi connectivity index (χ3n) is 6.27. The number of hydrogen-bond donors (Lipinski definition) is 1. The van der Waals surface area contributed by atoms with Gasteiger partial charge in [0.15, 0.2) is 32.0 Å². The Kier molecular flexibility index (Phi) is 7.15. The number of carbonyl (C=O) groups is 1. The number of carbonyl (C=O) groups excluding carboxylic acids is 1. The molecule has 7 nitrogen and oxygen atoms in total. The highest BCUT2D eigenvalue weighted by molar-refractivity contribution is 7.91. The van der Waals surface area contributed by atoms with E-state index < -0.39 is 62.8 Å². The first-order valence-electron chi connectivity index (χ1n) is 10.4. The largest absolute Gasteiger partial charge is 0.493 e. The van der Waals surface area contributed by atoms with Crippen LogP contribution in [0.2, 0.25) is 0 Å². The maximum atomic E-state index is 14.4. The number of pyridine rings is 1. The Morgan fingerprint density at radius 3 is 2.49 bits per heavy atom. The Labute approximate surface area is 198 Å². The predicted octanol–water partition coefficient (Wildman–Crippen LogP) is 4.24. The van der Waals surface area contributed by atoms with Gasteiger partial charge in [-0.25, -0.2) is 17.8 Å². The molecule has 0 saturated carbocycles. The van der Waals surface area contributed by atoms with Crippen LogP contribution in [-0.4, -0.2) is 50.1 Å². The molecule has 1 aliphatic heterocycles. The van der Waals surface area contributed by atoms with Crippen LogP contribution in [0.3, 0.4) is 0 Å². The third-order valence-corrected chi connectivity index (χ3v) is 7.89. The molecule has 1 aromatic carbocycles. The van der Waals surface area contributed by atoms with Crippen molar-refractivity contribution in [2.75, 3.05) is 18.2 Å². The summed E-state index contributed by atoms with van der Waals surface area (Å²) in [4.78, 5) is 16.9. The van der Waals surface area contributed by atoms with Gasteiger partial charge in [-0.05, 0) is 25.1 Å². The number of aromatic nitrogens is 1. The van der Waals surface area contributed by atoms with Gasteiger partial charge in [-0.2, -0.15) is 17.6 Å². The Morgan fingerprint density at radius 2 is 1.91 bits per heavy atom. The van der Waals surface area contributed by atoms with Crippen molar-refractivity contribution in [1.82, 2.24) is 4.98 Å². The van der Waals surface area contributed by atoms with Crippen molar-refractivity contribution in [3.05, 3.63) is 47.7 Å². The number of sulfone groups is 1. The molecule has 3 rings (SSSR count). The number of alkyl halides is 3. The topological polar surface area (TPSA) is 94.6 Å². The van der Waals surface area contributed by atoms with E-state index in [1.165, 1.54) is 19.9 Å². The molecule has 2 heterocycles. The average Bonchev–Trinajstić information content (AvgIpc) is 3.07. The van der Waals surface area contributed by atoms with Crippen molar-refractivity contribution >= 4 is 21.4 Å². The number of anilines is 1. The molecule has 0 unspecified atom stereocenters. The lowest BCUT2D eigenvalue weighted by atomic mass is 9.77. The second kappa shape index (κ2) is 9.34. The van der Waals surface area contributed by atoms with Crippen molar-refractivity contribution in [3.63, 3.8) is 0 Å². The van der Waals surface area contributed by atoms with E-state index in [4.69, 9.17) is 9.47 Å². The van der Waals surface area contributed by atoms with Crippen LogP contribution in [-0.2, 0) is 19.4 Å². The van der Waals surface area contributed by atoms with E-state index in [0.717, 1.165) is 38.4 Å². The molecule has 1 aliphatic rings. The summed E-state index contributed by atoms with van der Waals surface area (Å²) in [6.07, 6.45) is -5.61. The van der Waals surface area contributed by atoms with Crippen LogP contribution >= 0.6 is 0 Å². The number of rotatable bonds is 6. The fourth-order valence-electron chi connectivity index (χ4n) is 4.06. The molecule has 0 radical (unpaired) electrons. The third kappa shape index (κ3) is 4.70. The van der Waals surface area contributed by atoms with E-state index in [-0.39, 0.29) is 22.0 Å². The second-order valence-corrected chi connectivity index (χ2v) is 10.4. The van der Waals surface area contributed by atoms with Gasteiger partial charge in [0.2, 0.25) is 5.82 Å². The molecule has 1 amide bonds. The van der Waals surface area contributed by atoms with Gasteiger partial charge in [0.25, 0.3) is 5.91 Å². The molecule has 1 N–H and O–H groups in total. The van der Waals surface area contributed by atoms with Gasteiger partial charge in [-0.3, -0.25) is 4.79 Å². The fraction of sp³-hybridized carbons (Fsp3) is 0.455. The van der Waals surface area contributed by atoms with Crippen molar-refractivity contribution in [2.45, 2.75) is 49.6 Å². The van der Waals surface area contributed by atoms with Gasteiger partial charge >= 0.3 is 6.18 Å². The van der Waals surface area contributed by atoms with E-state index in [2.05, 4.69) is 10.3 Å². The van der Waals surface area contributed by atoms with Crippen LogP contribution in [0.25, 0.3) is 0 Å². The van der Waals surface area contributed by atoms with Crippen LogP contribution in [0.5, 0.6) is 5.75 Å². The summed E-state index contributed by atoms with van der Waals surface area (Å²) in [6, 6.07) is 4.08. The highest BCUT2D eigenvalue weighted by Gasteiger charge is 2.65. The van der Waals surface area contributed by atoms with E-state index in [1.807, 2.05) is 0 Å². The summed E-state index contributed by atoms with van der Waals surface area (Å²) in [5.41, 5.74) is -3.05. The predicted molar refractivity (Wildman–Crippen MR) is 115 cm³/mol. The Bertz CT molecular complexity index is 1240. The summed E-state index contributed by atoms with van der Waals surface area (Å²) >= 11 is 0. The lowest BCUT2D eigenvalue weighted by Crippen LogP contribution is -2.47. The Balaban J connectivity index is 2.07. The van der Waals surface area contributed by atoms with E-state index in [0.29, 0.717) is 0 Å². The lowest BCUT2D eigenvalue weighted by Gasteiger charge is -2.32. The van der Waals surface area contributed by atoms with Crippen molar-refractivity contribution in [2.24, 2.45) is 5.92 Å². The lowest BCUT2D eigenvalue weighted by molar-refractivity contribution is -0.272. The van der Waals surface area contributed by atoms with Gasteiger partial charge in [0.05, 0.1) is 12.9 Å². The van der Waals surface area contributed by atoms with Gasteiger partial charge in [0.1, 0.15) is 6.10 Å². The number of amides is 1. The molecule has 0 bridgehead atoms. The molecule has 1 fully saturated rings. The SMILES string of the molecule is CCS(=O)(=O)c1cc(NC(=O)[C@@H]2O[C@@](C)(C(F)(F)F)[C@@H](C)[C@H]2c2ccc(F)c(F)c2OC)ccn1. The number of ether oxygens (including phenoxy) is 2. The standard InChI is InChI=1S/C22H23F5N2O5S/c1-5-35(31,32)15-10-12(8-9-28-15)29-20(30)19-16(11(2)21(3,34-19)22(25,26)27)13-6-7-14(23)17(24)18(13)33-4/h6-11,16,19H,5H2,1-4H3,(H,28,29,30)/t11-,16-,19+,21+/m0/s1. The van der Waals surface area contributed by atoms with Gasteiger partial charge < -0.3 is 14.8 Å². The molecule has 1 saturated heterocycles. The zero-order chi connectivity index (χ0) is 26.3. The minimum atomic E-state index is -4.91. The summed E-state index contributed by atoms with van der Waals surface area (Å²) in [6.45, 7) is 3.35. The first-order chi connectivity index (χ1) is 16.2. The fourth-order valence-corrected chi connectivity index (χ4v) is 4.88. The maximum absolute atomic E-state index is 14.4. The molecular formula is C22H23F5N2O5S.